The van der Waals surface area contributed by atoms with Gasteiger partial charge in [0.15, 0.2) is 0 Å². The van der Waals surface area contributed by atoms with Crippen LogP contribution in [0.5, 0.6) is 0 Å². The number of unbranched alkanes of at least 4 members (excludes halogenated alkanes) is 1. The summed E-state index contributed by atoms with van der Waals surface area (Å²) in [5.41, 5.74) is 1.13. The lowest BCUT2D eigenvalue weighted by Crippen LogP contribution is -2.24. The monoisotopic (exact) mass is 245 g/mol. The molecule has 1 amide bonds. The van der Waals surface area contributed by atoms with Gasteiger partial charge in [0.25, 0.3) is 5.91 Å². The molecule has 0 aliphatic rings. The Morgan fingerprint density at radius 2 is 2.33 bits per heavy atom. The Labute approximate surface area is 99.6 Å². The van der Waals surface area contributed by atoms with Gasteiger partial charge in [-0.15, -0.1) is 22.9 Å². The van der Waals surface area contributed by atoms with Gasteiger partial charge in [-0.3, -0.25) is 4.79 Å². The maximum atomic E-state index is 11.7. The summed E-state index contributed by atoms with van der Waals surface area (Å²) >= 11 is 7.06. The second-order valence-corrected chi connectivity index (χ2v) is 4.57. The van der Waals surface area contributed by atoms with Gasteiger partial charge in [-0.05, 0) is 36.3 Å². The number of carbonyl (C=O) groups is 1. The highest BCUT2D eigenvalue weighted by atomic mass is 35.5. The van der Waals surface area contributed by atoms with E-state index in [9.17, 15) is 4.79 Å². The van der Waals surface area contributed by atoms with E-state index in [1.807, 2.05) is 11.4 Å². The summed E-state index contributed by atoms with van der Waals surface area (Å²) in [4.78, 5) is 12.6. The van der Waals surface area contributed by atoms with Crippen molar-refractivity contribution in [2.75, 3.05) is 12.4 Å². The van der Waals surface area contributed by atoms with E-state index >= 15 is 0 Å². The van der Waals surface area contributed by atoms with Crippen molar-refractivity contribution in [2.45, 2.75) is 26.2 Å². The molecule has 1 aromatic rings. The number of nitrogens with one attached hydrogen (secondary N) is 1. The Morgan fingerprint density at radius 3 is 3.00 bits per heavy atom. The molecule has 4 heteroatoms. The lowest BCUT2D eigenvalue weighted by Gasteiger charge is -2.04. The SMILES string of the molecule is CCc1ccsc1C(=O)NCCCCCl. The molecule has 1 aromatic heterocycles. The van der Waals surface area contributed by atoms with Gasteiger partial charge >= 0.3 is 0 Å². The van der Waals surface area contributed by atoms with Gasteiger partial charge in [-0.1, -0.05) is 6.92 Å². The fourth-order valence-electron chi connectivity index (χ4n) is 1.32. The van der Waals surface area contributed by atoms with E-state index in [1.165, 1.54) is 11.3 Å². The third kappa shape index (κ3) is 3.84. The molecule has 0 fully saturated rings. The van der Waals surface area contributed by atoms with Gasteiger partial charge in [-0.25, -0.2) is 0 Å². The highest BCUT2D eigenvalue weighted by Crippen LogP contribution is 2.16. The Hall–Kier alpha value is -0.540. The minimum atomic E-state index is 0.0522. The van der Waals surface area contributed by atoms with Crippen molar-refractivity contribution in [1.29, 1.82) is 0 Å². The van der Waals surface area contributed by atoms with E-state index in [0.29, 0.717) is 12.4 Å². The predicted octanol–water partition coefficient (Wildman–Crippen LogP) is 3.06. The number of halogens is 1. The zero-order chi connectivity index (χ0) is 11.1. The summed E-state index contributed by atoms with van der Waals surface area (Å²) in [5, 5.41) is 4.87. The first-order chi connectivity index (χ1) is 7.29. The maximum absolute atomic E-state index is 11.7. The quantitative estimate of drug-likeness (QED) is 0.606. The van der Waals surface area contributed by atoms with Crippen LogP contribution in [0.3, 0.4) is 0 Å². The Balaban J connectivity index is 2.40. The van der Waals surface area contributed by atoms with Crippen LogP contribution in [-0.4, -0.2) is 18.3 Å². The van der Waals surface area contributed by atoms with Gasteiger partial charge in [0.1, 0.15) is 0 Å². The highest BCUT2D eigenvalue weighted by molar-refractivity contribution is 7.12. The molecule has 0 saturated heterocycles. The lowest BCUT2D eigenvalue weighted by atomic mass is 10.2. The molecule has 15 heavy (non-hydrogen) atoms. The summed E-state index contributed by atoms with van der Waals surface area (Å²) in [7, 11) is 0. The van der Waals surface area contributed by atoms with Crippen LogP contribution in [0, 0.1) is 0 Å². The van der Waals surface area contributed by atoms with Gasteiger partial charge in [-0.2, -0.15) is 0 Å². The smallest absolute Gasteiger partial charge is 0.261 e. The van der Waals surface area contributed by atoms with E-state index in [0.717, 1.165) is 29.7 Å². The minimum Gasteiger partial charge on any atom is -0.351 e. The Bertz CT molecular complexity index is 311. The van der Waals surface area contributed by atoms with Gasteiger partial charge in [0, 0.05) is 12.4 Å². The second kappa shape index (κ2) is 6.85. The first-order valence-corrected chi connectivity index (χ1v) is 6.61. The van der Waals surface area contributed by atoms with E-state index in [4.69, 9.17) is 11.6 Å². The van der Waals surface area contributed by atoms with Gasteiger partial charge in [0.2, 0.25) is 0 Å². The minimum absolute atomic E-state index is 0.0522. The van der Waals surface area contributed by atoms with E-state index in [-0.39, 0.29) is 5.91 Å². The third-order valence-electron chi connectivity index (χ3n) is 2.18. The molecule has 2 nitrogen and oxygen atoms in total. The normalized spacial score (nSPS) is 10.3. The molecule has 0 radical (unpaired) electrons. The summed E-state index contributed by atoms with van der Waals surface area (Å²) in [6.07, 6.45) is 2.81. The van der Waals surface area contributed by atoms with Crippen molar-refractivity contribution in [3.05, 3.63) is 21.9 Å². The van der Waals surface area contributed by atoms with Crippen molar-refractivity contribution in [2.24, 2.45) is 0 Å². The summed E-state index contributed by atoms with van der Waals surface area (Å²) in [6, 6.07) is 2.01. The molecule has 0 aromatic carbocycles. The Morgan fingerprint density at radius 1 is 1.53 bits per heavy atom. The number of rotatable bonds is 6. The fourth-order valence-corrected chi connectivity index (χ4v) is 2.42. The zero-order valence-electron chi connectivity index (χ0n) is 8.88. The van der Waals surface area contributed by atoms with Crippen molar-refractivity contribution < 1.29 is 4.79 Å². The molecule has 1 heterocycles. The number of hydrogen-bond acceptors (Lipinski definition) is 2. The summed E-state index contributed by atoms with van der Waals surface area (Å²) in [6.45, 7) is 2.78. The number of amides is 1. The summed E-state index contributed by atoms with van der Waals surface area (Å²) < 4.78 is 0. The van der Waals surface area contributed by atoms with Crippen LogP contribution in [0.4, 0.5) is 0 Å². The van der Waals surface area contributed by atoms with Crippen molar-refractivity contribution in [1.82, 2.24) is 5.32 Å². The molecular formula is C11H16ClNOS. The first-order valence-electron chi connectivity index (χ1n) is 5.20. The topological polar surface area (TPSA) is 29.1 Å². The van der Waals surface area contributed by atoms with Gasteiger partial charge < -0.3 is 5.32 Å². The van der Waals surface area contributed by atoms with Crippen LogP contribution in [0.15, 0.2) is 11.4 Å². The molecule has 0 spiro atoms. The third-order valence-corrected chi connectivity index (χ3v) is 3.40. The van der Waals surface area contributed by atoms with Crippen LogP contribution in [0.25, 0.3) is 0 Å². The molecule has 0 bridgehead atoms. The standard InChI is InChI=1S/C11H16ClNOS/c1-2-9-5-8-15-10(9)11(14)13-7-4-3-6-12/h5,8H,2-4,6-7H2,1H3,(H,13,14). The molecule has 1 N–H and O–H groups in total. The molecule has 0 aliphatic heterocycles. The van der Waals surface area contributed by atoms with Crippen LogP contribution in [0.2, 0.25) is 0 Å². The summed E-state index contributed by atoms with van der Waals surface area (Å²) in [5.74, 6) is 0.714. The van der Waals surface area contributed by atoms with Crippen LogP contribution in [0.1, 0.15) is 35.0 Å². The van der Waals surface area contributed by atoms with Gasteiger partial charge in [0.05, 0.1) is 4.88 Å². The highest BCUT2D eigenvalue weighted by Gasteiger charge is 2.10. The molecule has 0 atom stereocenters. The maximum Gasteiger partial charge on any atom is 0.261 e. The van der Waals surface area contributed by atoms with Crippen molar-refractivity contribution >= 4 is 28.8 Å². The lowest BCUT2D eigenvalue weighted by molar-refractivity contribution is 0.0956. The number of thiophene rings is 1. The average molecular weight is 246 g/mol. The van der Waals surface area contributed by atoms with E-state index in [2.05, 4.69) is 12.2 Å². The predicted molar refractivity (Wildman–Crippen MR) is 66.0 cm³/mol. The average Bonchev–Trinajstić information content (AvgIpc) is 2.72. The zero-order valence-corrected chi connectivity index (χ0v) is 10.5. The number of carbonyl (C=O) groups excluding carboxylic acids is 1. The molecule has 1 rings (SSSR count). The van der Waals surface area contributed by atoms with Crippen LogP contribution < -0.4 is 5.32 Å². The second-order valence-electron chi connectivity index (χ2n) is 3.28. The molecule has 0 unspecified atom stereocenters. The number of hydrogen-bond donors (Lipinski definition) is 1. The molecule has 84 valence electrons. The van der Waals surface area contributed by atoms with E-state index in [1.54, 1.807) is 0 Å². The van der Waals surface area contributed by atoms with Crippen molar-refractivity contribution in [3.63, 3.8) is 0 Å². The number of aryl methyl sites for hydroxylation is 1. The van der Waals surface area contributed by atoms with Crippen molar-refractivity contribution in [3.8, 4) is 0 Å². The fraction of sp³-hybridized carbons (Fsp3) is 0.545. The number of alkyl halides is 1. The Kier molecular flexibility index (Phi) is 5.73. The van der Waals surface area contributed by atoms with E-state index < -0.39 is 0 Å². The van der Waals surface area contributed by atoms with Crippen LogP contribution in [-0.2, 0) is 6.42 Å². The first kappa shape index (κ1) is 12.5. The molecule has 0 saturated carbocycles. The molecular weight excluding hydrogens is 230 g/mol. The largest absolute Gasteiger partial charge is 0.351 e. The van der Waals surface area contributed by atoms with Crippen LogP contribution >= 0.6 is 22.9 Å². The molecule has 0 aliphatic carbocycles.